The highest BCUT2D eigenvalue weighted by Crippen LogP contribution is 2.38. The van der Waals surface area contributed by atoms with Gasteiger partial charge in [0.2, 0.25) is 0 Å². The molecular formula is C14H10ClF2N5O2S. The molecular weight excluding hydrogens is 376 g/mol. The molecule has 130 valence electrons. The van der Waals surface area contributed by atoms with Gasteiger partial charge < -0.3 is 11.1 Å². The summed E-state index contributed by atoms with van der Waals surface area (Å²) in [4.78, 5) is 28.1. The average Bonchev–Trinajstić information content (AvgIpc) is 3.11. The Hall–Kier alpha value is -2.59. The lowest BCUT2D eigenvalue weighted by atomic mass is 10.1. The summed E-state index contributed by atoms with van der Waals surface area (Å²) in [6, 6.07) is 1.20. The first-order valence-electron chi connectivity index (χ1n) is 6.81. The van der Waals surface area contributed by atoms with E-state index in [0.29, 0.717) is 10.9 Å². The summed E-state index contributed by atoms with van der Waals surface area (Å²) < 4.78 is 25.9. The summed E-state index contributed by atoms with van der Waals surface area (Å²) in [5, 5.41) is 9.06. The first-order valence-corrected chi connectivity index (χ1v) is 8.01. The van der Waals surface area contributed by atoms with Crippen LogP contribution in [-0.2, 0) is 0 Å². The number of thiophene rings is 1. The van der Waals surface area contributed by atoms with Gasteiger partial charge in [0.15, 0.2) is 0 Å². The number of carbonyl (C=O) groups excluding carboxylic acids is 2. The van der Waals surface area contributed by atoms with Crippen LogP contribution in [0.15, 0.2) is 12.3 Å². The van der Waals surface area contributed by atoms with Gasteiger partial charge in [-0.3, -0.25) is 14.7 Å². The highest BCUT2D eigenvalue weighted by atomic mass is 35.5. The van der Waals surface area contributed by atoms with Gasteiger partial charge in [-0.15, -0.1) is 11.3 Å². The topological polar surface area (TPSA) is 114 Å². The number of hydrogen-bond donors (Lipinski definition) is 3. The number of alkyl halides is 2. The lowest BCUT2D eigenvalue weighted by Crippen LogP contribution is -2.17. The number of aromatic amines is 1. The molecule has 3 heterocycles. The van der Waals surface area contributed by atoms with Crippen LogP contribution in [0.25, 0.3) is 10.2 Å². The van der Waals surface area contributed by atoms with Crippen LogP contribution >= 0.6 is 22.9 Å². The van der Waals surface area contributed by atoms with E-state index in [1.54, 1.807) is 6.92 Å². The monoisotopic (exact) mass is 385 g/mol. The van der Waals surface area contributed by atoms with E-state index in [2.05, 4.69) is 20.5 Å². The molecule has 0 aliphatic rings. The first-order chi connectivity index (χ1) is 11.8. The molecule has 0 aromatic carbocycles. The third kappa shape index (κ3) is 3.05. The summed E-state index contributed by atoms with van der Waals surface area (Å²) in [7, 11) is 0. The number of H-pyrrole nitrogens is 1. The molecule has 0 fully saturated rings. The Morgan fingerprint density at radius 3 is 2.72 bits per heavy atom. The number of anilines is 1. The zero-order chi connectivity index (χ0) is 18.3. The molecule has 4 N–H and O–H groups in total. The number of primary amides is 1. The van der Waals surface area contributed by atoms with Crippen LogP contribution in [0.2, 0.25) is 5.02 Å². The predicted octanol–water partition coefficient (Wildman–Crippen LogP) is 3.27. The van der Waals surface area contributed by atoms with Gasteiger partial charge in [0.05, 0.1) is 16.9 Å². The van der Waals surface area contributed by atoms with Crippen molar-refractivity contribution in [2.75, 3.05) is 5.32 Å². The summed E-state index contributed by atoms with van der Waals surface area (Å²) in [6.45, 7) is 1.58. The van der Waals surface area contributed by atoms with Crippen molar-refractivity contribution in [1.29, 1.82) is 0 Å². The normalized spacial score (nSPS) is 11.2. The van der Waals surface area contributed by atoms with Crippen molar-refractivity contribution in [3.8, 4) is 0 Å². The summed E-state index contributed by atoms with van der Waals surface area (Å²) in [5.74, 6) is -1.46. The molecule has 0 unspecified atom stereocenters. The number of aryl methyl sites for hydroxylation is 1. The van der Waals surface area contributed by atoms with E-state index < -0.39 is 23.9 Å². The minimum absolute atomic E-state index is 0.000930. The predicted molar refractivity (Wildman–Crippen MR) is 89.4 cm³/mol. The highest BCUT2D eigenvalue weighted by Gasteiger charge is 2.24. The van der Waals surface area contributed by atoms with Crippen LogP contribution in [0, 0.1) is 6.92 Å². The Labute approximate surface area is 148 Å². The Bertz CT molecular complexity index is 1000. The number of carbonyl (C=O) groups is 2. The van der Waals surface area contributed by atoms with Gasteiger partial charge in [-0.25, -0.2) is 13.8 Å². The molecule has 7 nitrogen and oxygen atoms in total. The average molecular weight is 386 g/mol. The molecule has 25 heavy (non-hydrogen) atoms. The van der Waals surface area contributed by atoms with Crippen LogP contribution in [0.4, 0.5) is 14.5 Å². The third-order valence-corrected chi connectivity index (χ3v) is 4.77. The molecule has 0 saturated heterocycles. The van der Waals surface area contributed by atoms with E-state index in [1.807, 2.05) is 0 Å². The van der Waals surface area contributed by atoms with Gasteiger partial charge in [-0.2, -0.15) is 5.10 Å². The van der Waals surface area contributed by atoms with Gasteiger partial charge in [0.25, 0.3) is 18.2 Å². The number of hydrogen-bond acceptors (Lipinski definition) is 5. The van der Waals surface area contributed by atoms with Crippen LogP contribution in [0.1, 0.15) is 37.8 Å². The fourth-order valence-electron chi connectivity index (χ4n) is 2.32. The number of aromatic nitrogens is 3. The van der Waals surface area contributed by atoms with Gasteiger partial charge in [-0.1, -0.05) is 11.6 Å². The van der Waals surface area contributed by atoms with Crippen molar-refractivity contribution in [3.05, 3.63) is 39.1 Å². The fraction of sp³-hybridized carbons (Fsp3) is 0.143. The molecule has 11 heteroatoms. The minimum Gasteiger partial charge on any atom is -0.365 e. The maximum absolute atomic E-state index is 12.9. The number of amides is 2. The second-order valence-electron chi connectivity index (χ2n) is 5.06. The second kappa shape index (κ2) is 6.37. The number of fused-ring (bicyclic) bond motifs is 1. The molecule has 3 rings (SSSR count). The summed E-state index contributed by atoms with van der Waals surface area (Å²) in [6.07, 6.45) is -1.51. The molecule has 2 amide bonds. The second-order valence-corrected chi connectivity index (χ2v) is 6.47. The zero-order valence-corrected chi connectivity index (χ0v) is 14.1. The van der Waals surface area contributed by atoms with E-state index in [-0.39, 0.29) is 26.1 Å². The van der Waals surface area contributed by atoms with E-state index in [4.69, 9.17) is 17.3 Å². The standard InChI is InChI=1S/C14H10ClF2N5O2S/c1-4-2-6(11(16)17)20-14-7(4)9(10(25-14)12(18)23)21-13(24)8-5(15)3-19-22-8/h2-3,11H,1H3,(H2,18,23)(H,19,22)(H,21,24). The summed E-state index contributed by atoms with van der Waals surface area (Å²) >= 11 is 6.67. The number of halogens is 3. The maximum atomic E-state index is 12.9. The smallest absolute Gasteiger partial charge is 0.280 e. The lowest BCUT2D eigenvalue weighted by Gasteiger charge is -2.07. The number of nitrogens with one attached hydrogen (secondary N) is 2. The Morgan fingerprint density at radius 2 is 2.16 bits per heavy atom. The van der Waals surface area contributed by atoms with Gasteiger partial charge in [0.1, 0.15) is 21.1 Å². The maximum Gasteiger partial charge on any atom is 0.280 e. The number of nitrogens with zero attached hydrogens (tertiary/aromatic N) is 2. The van der Waals surface area contributed by atoms with Crippen molar-refractivity contribution in [1.82, 2.24) is 15.2 Å². The van der Waals surface area contributed by atoms with Crippen molar-refractivity contribution in [2.45, 2.75) is 13.3 Å². The van der Waals surface area contributed by atoms with Crippen LogP contribution in [0.5, 0.6) is 0 Å². The van der Waals surface area contributed by atoms with E-state index in [9.17, 15) is 18.4 Å². The van der Waals surface area contributed by atoms with Crippen molar-refractivity contribution >= 4 is 50.7 Å². The minimum atomic E-state index is -2.76. The molecule has 0 spiro atoms. The molecule has 0 radical (unpaired) electrons. The fourth-order valence-corrected chi connectivity index (χ4v) is 3.56. The van der Waals surface area contributed by atoms with Crippen molar-refractivity contribution in [2.24, 2.45) is 5.73 Å². The van der Waals surface area contributed by atoms with Crippen molar-refractivity contribution in [3.63, 3.8) is 0 Å². The van der Waals surface area contributed by atoms with E-state index in [1.165, 1.54) is 12.3 Å². The highest BCUT2D eigenvalue weighted by molar-refractivity contribution is 7.21. The Kier molecular flexibility index (Phi) is 4.39. The number of rotatable bonds is 4. The lowest BCUT2D eigenvalue weighted by molar-refractivity contribution is 0.100. The molecule has 3 aromatic rings. The summed E-state index contributed by atoms with van der Waals surface area (Å²) in [5.41, 5.74) is 5.45. The van der Waals surface area contributed by atoms with Crippen molar-refractivity contribution < 1.29 is 18.4 Å². The molecule has 0 saturated carbocycles. The molecule has 0 atom stereocenters. The SMILES string of the molecule is Cc1cc(C(F)F)nc2sc(C(N)=O)c(NC(=O)c3[nH]ncc3Cl)c12. The van der Waals surface area contributed by atoms with E-state index in [0.717, 1.165) is 11.3 Å². The quantitative estimate of drug-likeness (QED) is 0.639. The molecule has 0 bridgehead atoms. The third-order valence-electron chi connectivity index (χ3n) is 3.39. The number of pyridine rings is 1. The van der Waals surface area contributed by atoms with E-state index >= 15 is 0 Å². The molecule has 0 aliphatic heterocycles. The zero-order valence-electron chi connectivity index (χ0n) is 12.6. The van der Waals surface area contributed by atoms with Crippen LogP contribution in [-0.4, -0.2) is 27.0 Å². The molecule has 3 aromatic heterocycles. The first kappa shape index (κ1) is 17.2. The van der Waals surface area contributed by atoms with Crippen LogP contribution in [0.3, 0.4) is 0 Å². The Balaban J connectivity index is 2.15. The molecule has 0 aliphatic carbocycles. The number of nitrogens with two attached hydrogens (primary N) is 1. The van der Waals surface area contributed by atoms with Gasteiger partial charge in [-0.05, 0) is 18.6 Å². The van der Waals surface area contributed by atoms with Gasteiger partial charge >= 0.3 is 0 Å². The Morgan fingerprint density at radius 1 is 1.44 bits per heavy atom. The largest absolute Gasteiger partial charge is 0.365 e. The van der Waals surface area contributed by atoms with Crippen LogP contribution < -0.4 is 11.1 Å². The van der Waals surface area contributed by atoms with Gasteiger partial charge in [0, 0.05) is 5.39 Å².